The second kappa shape index (κ2) is 5.06. The van der Waals surface area contributed by atoms with Crippen molar-refractivity contribution in [1.82, 2.24) is 5.32 Å². The Morgan fingerprint density at radius 1 is 1.53 bits per heavy atom. The molecular formula is C12H14BrNO3. The van der Waals surface area contributed by atoms with E-state index in [1.807, 2.05) is 12.1 Å². The molecule has 1 aromatic rings. The molecule has 1 aliphatic carbocycles. The number of nitrogens with one attached hydrogen (secondary N) is 1. The highest BCUT2D eigenvalue weighted by Gasteiger charge is 2.43. The van der Waals surface area contributed by atoms with Gasteiger partial charge in [-0.25, -0.2) is 0 Å². The number of ether oxygens (including phenoxy) is 1. The van der Waals surface area contributed by atoms with Crippen LogP contribution in [-0.2, 0) is 4.79 Å². The van der Waals surface area contributed by atoms with Crippen molar-refractivity contribution in [1.29, 1.82) is 0 Å². The summed E-state index contributed by atoms with van der Waals surface area (Å²) in [6.45, 7) is -0.0339. The summed E-state index contributed by atoms with van der Waals surface area (Å²) in [7, 11) is 0. The molecule has 0 heterocycles. The Labute approximate surface area is 108 Å². The van der Waals surface area contributed by atoms with Crippen LogP contribution >= 0.6 is 15.9 Å². The van der Waals surface area contributed by atoms with Crippen LogP contribution in [0, 0.1) is 0 Å². The van der Waals surface area contributed by atoms with Crippen LogP contribution < -0.4 is 10.1 Å². The average Bonchev–Trinajstić information content (AvgIpc) is 3.07. The number of amides is 1. The number of carbonyl (C=O) groups is 1. The van der Waals surface area contributed by atoms with Crippen LogP contribution in [-0.4, -0.2) is 29.8 Å². The van der Waals surface area contributed by atoms with Gasteiger partial charge in [-0.15, -0.1) is 0 Å². The van der Waals surface area contributed by atoms with E-state index in [4.69, 9.17) is 9.84 Å². The van der Waals surface area contributed by atoms with E-state index >= 15 is 0 Å². The van der Waals surface area contributed by atoms with Crippen LogP contribution in [0.4, 0.5) is 0 Å². The zero-order valence-corrected chi connectivity index (χ0v) is 10.9. The fourth-order valence-corrected chi connectivity index (χ4v) is 1.89. The molecule has 1 aliphatic rings. The number of benzene rings is 1. The number of aliphatic hydroxyl groups excluding tert-OH is 1. The molecule has 0 radical (unpaired) electrons. The maximum atomic E-state index is 11.6. The van der Waals surface area contributed by atoms with E-state index in [0.29, 0.717) is 5.75 Å². The van der Waals surface area contributed by atoms with Crippen molar-refractivity contribution >= 4 is 21.8 Å². The van der Waals surface area contributed by atoms with Gasteiger partial charge in [0, 0.05) is 4.47 Å². The van der Waals surface area contributed by atoms with Crippen molar-refractivity contribution in [3.05, 3.63) is 28.7 Å². The summed E-state index contributed by atoms with van der Waals surface area (Å²) in [5.41, 5.74) is -0.377. The molecule has 1 saturated carbocycles. The van der Waals surface area contributed by atoms with Gasteiger partial charge in [-0.05, 0) is 31.0 Å². The fourth-order valence-electron chi connectivity index (χ4n) is 1.51. The first kappa shape index (κ1) is 12.4. The average molecular weight is 300 g/mol. The molecule has 2 rings (SSSR count). The minimum absolute atomic E-state index is 0.00434. The summed E-state index contributed by atoms with van der Waals surface area (Å²) < 4.78 is 6.25. The van der Waals surface area contributed by atoms with Crippen LogP contribution in [0.1, 0.15) is 12.8 Å². The molecule has 2 N–H and O–H groups in total. The van der Waals surface area contributed by atoms with Crippen LogP contribution in [0.15, 0.2) is 28.7 Å². The largest absolute Gasteiger partial charge is 0.484 e. The van der Waals surface area contributed by atoms with Gasteiger partial charge in [-0.3, -0.25) is 4.79 Å². The lowest BCUT2D eigenvalue weighted by Crippen LogP contribution is -2.42. The molecule has 5 heteroatoms. The number of hydrogen-bond donors (Lipinski definition) is 2. The number of aliphatic hydroxyl groups is 1. The molecule has 0 aliphatic heterocycles. The standard InChI is InChI=1S/C12H14BrNO3/c13-9-2-1-3-10(6-9)17-7-11(16)14-12(8-15)4-5-12/h1-3,6,15H,4-5,7-8H2,(H,14,16). The van der Waals surface area contributed by atoms with Gasteiger partial charge in [-0.1, -0.05) is 22.0 Å². The van der Waals surface area contributed by atoms with E-state index in [9.17, 15) is 4.79 Å². The Morgan fingerprint density at radius 3 is 2.88 bits per heavy atom. The lowest BCUT2D eigenvalue weighted by atomic mass is 10.3. The second-order valence-electron chi connectivity index (χ2n) is 4.23. The van der Waals surface area contributed by atoms with E-state index in [0.717, 1.165) is 17.3 Å². The van der Waals surface area contributed by atoms with Crippen molar-refractivity contribution in [2.24, 2.45) is 0 Å². The molecule has 1 fully saturated rings. The predicted octanol–water partition coefficient (Wildman–Crippen LogP) is 1.47. The highest BCUT2D eigenvalue weighted by Crippen LogP contribution is 2.34. The molecule has 17 heavy (non-hydrogen) atoms. The smallest absolute Gasteiger partial charge is 0.258 e. The lowest BCUT2D eigenvalue weighted by Gasteiger charge is -2.14. The number of hydrogen-bond acceptors (Lipinski definition) is 3. The van der Waals surface area contributed by atoms with Crippen LogP contribution in [0.2, 0.25) is 0 Å². The Morgan fingerprint density at radius 2 is 2.29 bits per heavy atom. The highest BCUT2D eigenvalue weighted by molar-refractivity contribution is 9.10. The first-order valence-corrected chi connectivity index (χ1v) is 6.23. The lowest BCUT2D eigenvalue weighted by molar-refractivity contribution is -0.124. The molecule has 0 aromatic heterocycles. The van der Waals surface area contributed by atoms with E-state index in [1.165, 1.54) is 0 Å². The topological polar surface area (TPSA) is 58.6 Å². The molecule has 1 aromatic carbocycles. The quantitative estimate of drug-likeness (QED) is 0.866. The van der Waals surface area contributed by atoms with E-state index in [2.05, 4.69) is 21.2 Å². The van der Waals surface area contributed by atoms with Gasteiger partial charge in [0.25, 0.3) is 5.91 Å². The molecule has 1 amide bonds. The summed E-state index contributed by atoms with van der Waals surface area (Å²) in [6, 6.07) is 7.31. The van der Waals surface area contributed by atoms with Crippen molar-refractivity contribution < 1.29 is 14.6 Å². The van der Waals surface area contributed by atoms with E-state index in [-0.39, 0.29) is 24.7 Å². The van der Waals surface area contributed by atoms with Gasteiger partial charge in [0.2, 0.25) is 0 Å². The van der Waals surface area contributed by atoms with Gasteiger partial charge in [0.15, 0.2) is 6.61 Å². The summed E-state index contributed by atoms with van der Waals surface area (Å²) in [6.07, 6.45) is 1.68. The molecule has 0 atom stereocenters. The Balaban J connectivity index is 1.80. The molecule has 0 saturated heterocycles. The minimum Gasteiger partial charge on any atom is -0.484 e. The third kappa shape index (κ3) is 3.44. The minimum atomic E-state index is -0.377. The highest BCUT2D eigenvalue weighted by atomic mass is 79.9. The van der Waals surface area contributed by atoms with Gasteiger partial charge in [-0.2, -0.15) is 0 Å². The second-order valence-corrected chi connectivity index (χ2v) is 5.15. The first-order chi connectivity index (χ1) is 8.13. The normalized spacial score (nSPS) is 16.4. The molecule has 0 unspecified atom stereocenters. The Hall–Kier alpha value is -1.07. The maximum absolute atomic E-state index is 11.6. The molecule has 0 spiro atoms. The molecule has 4 nitrogen and oxygen atoms in total. The van der Waals surface area contributed by atoms with Crippen molar-refractivity contribution in [3.63, 3.8) is 0 Å². The molecular weight excluding hydrogens is 286 g/mol. The fraction of sp³-hybridized carbons (Fsp3) is 0.417. The molecule has 92 valence electrons. The maximum Gasteiger partial charge on any atom is 0.258 e. The summed E-state index contributed by atoms with van der Waals surface area (Å²) in [5, 5.41) is 11.8. The number of halogens is 1. The van der Waals surface area contributed by atoms with Gasteiger partial charge >= 0.3 is 0 Å². The van der Waals surface area contributed by atoms with Crippen molar-refractivity contribution in [3.8, 4) is 5.75 Å². The number of carbonyl (C=O) groups excluding carboxylic acids is 1. The van der Waals surface area contributed by atoms with Gasteiger partial charge in [0.1, 0.15) is 5.75 Å². The first-order valence-electron chi connectivity index (χ1n) is 5.44. The van der Waals surface area contributed by atoms with Crippen LogP contribution in [0.3, 0.4) is 0 Å². The number of rotatable bonds is 5. The summed E-state index contributed by atoms with van der Waals surface area (Å²) in [4.78, 5) is 11.6. The van der Waals surface area contributed by atoms with Crippen LogP contribution in [0.25, 0.3) is 0 Å². The summed E-state index contributed by atoms with van der Waals surface area (Å²) in [5.74, 6) is 0.444. The third-order valence-corrected chi connectivity index (χ3v) is 3.22. The van der Waals surface area contributed by atoms with Gasteiger partial charge in [0.05, 0.1) is 12.1 Å². The Kier molecular flexibility index (Phi) is 3.69. The van der Waals surface area contributed by atoms with Crippen molar-refractivity contribution in [2.75, 3.05) is 13.2 Å². The SMILES string of the molecule is O=C(COc1cccc(Br)c1)NC1(CO)CC1. The van der Waals surface area contributed by atoms with Crippen LogP contribution in [0.5, 0.6) is 5.75 Å². The molecule has 0 bridgehead atoms. The van der Waals surface area contributed by atoms with Gasteiger partial charge < -0.3 is 15.2 Å². The zero-order chi connectivity index (χ0) is 12.3. The summed E-state index contributed by atoms with van der Waals surface area (Å²) >= 11 is 3.33. The predicted molar refractivity (Wildman–Crippen MR) is 66.8 cm³/mol. The Bertz CT molecular complexity index is 418. The monoisotopic (exact) mass is 299 g/mol. The van der Waals surface area contributed by atoms with E-state index < -0.39 is 0 Å². The zero-order valence-electron chi connectivity index (χ0n) is 9.28. The van der Waals surface area contributed by atoms with Crippen molar-refractivity contribution in [2.45, 2.75) is 18.4 Å². The third-order valence-electron chi connectivity index (χ3n) is 2.73. The van der Waals surface area contributed by atoms with E-state index in [1.54, 1.807) is 12.1 Å².